The van der Waals surface area contributed by atoms with Crippen molar-refractivity contribution in [2.45, 2.75) is 51.0 Å². The Bertz CT molecular complexity index is 270. The van der Waals surface area contributed by atoms with Gasteiger partial charge in [-0.05, 0) is 51.7 Å². The maximum Gasteiger partial charge on any atom is 0.0499 e. The standard InChI is InChI=1S/C15H28N2O/c18-13-15(6-1-2-7-15)12-16-10-5-14(11-16)17-8-3-4-9-17/h14,18H,1-13H2. The Morgan fingerprint density at radius 3 is 2.39 bits per heavy atom. The summed E-state index contributed by atoms with van der Waals surface area (Å²) in [6, 6.07) is 0.810. The van der Waals surface area contributed by atoms with Gasteiger partial charge < -0.3 is 10.0 Å². The summed E-state index contributed by atoms with van der Waals surface area (Å²) in [5.74, 6) is 0. The Balaban J connectivity index is 1.52. The highest BCUT2D eigenvalue weighted by molar-refractivity contribution is 4.92. The van der Waals surface area contributed by atoms with E-state index in [-0.39, 0.29) is 5.41 Å². The Morgan fingerprint density at radius 2 is 1.72 bits per heavy atom. The van der Waals surface area contributed by atoms with Gasteiger partial charge in [-0.25, -0.2) is 0 Å². The predicted octanol–water partition coefficient (Wildman–Crippen LogP) is 1.71. The molecule has 1 saturated carbocycles. The number of hydrogen-bond acceptors (Lipinski definition) is 3. The fourth-order valence-electron chi connectivity index (χ4n) is 4.33. The molecule has 0 spiro atoms. The van der Waals surface area contributed by atoms with Crippen LogP contribution in [0.25, 0.3) is 0 Å². The molecule has 1 aliphatic carbocycles. The zero-order valence-electron chi connectivity index (χ0n) is 11.6. The SMILES string of the molecule is OCC1(CN2CCC(N3CCCC3)C2)CCCC1. The molecule has 104 valence electrons. The van der Waals surface area contributed by atoms with Gasteiger partial charge in [-0.3, -0.25) is 4.90 Å². The first-order valence-corrected chi connectivity index (χ1v) is 7.89. The van der Waals surface area contributed by atoms with Gasteiger partial charge in [0.1, 0.15) is 0 Å². The van der Waals surface area contributed by atoms with E-state index in [9.17, 15) is 5.11 Å². The van der Waals surface area contributed by atoms with Crippen molar-refractivity contribution in [2.24, 2.45) is 5.41 Å². The summed E-state index contributed by atoms with van der Waals surface area (Å²) in [6.45, 7) is 6.70. The third-order valence-electron chi connectivity index (χ3n) is 5.46. The molecule has 3 aliphatic rings. The van der Waals surface area contributed by atoms with Crippen molar-refractivity contribution in [1.82, 2.24) is 9.80 Å². The molecule has 0 bridgehead atoms. The summed E-state index contributed by atoms with van der Waals surface area (Å²) in [5, 5.41) is 9.72. The number of rotatable bonds is 4. The minimum absolute atomic E-state index is 0.250. The van der Waals surface area contributed by atoms with Crippen molar-refractivity contribution in [3.63, 3.8) is 0 Å². The second-order valence-corrected chi connectivity index (χ2v) is 6.79. The Labute approximate surface area is 111 Å². The van der Waals surface area contributed by atoms with Crippen molar-refractivity contribution in [3.8, 4) is 0 Å². The second-order valence-electron chi connectivity index (χ2n) is 6.79. The molecule has 0 amide bonds. The van der Waals surface area contributed by atoms with Crippen LogP contribution in [-0.4, -0.2) is 60.3 Å². The van der Waals surface area contributed by atoms with Gasteiger partial charge in [0.15, 0.2) is 0 Å². The molecule has 0 aromatic carbocycles. The van der Waals surface area contributed by atoms with Gasteiger partial charge >= 0.3 is 0 Å². The smallest absolute Gasteiger partial charge is 0.0499 e. The highest BCUT2D eigenvalue weighted by Crippen LogP contribution is 2.39. The van der Waals surface area contributed by atoms with Crippen LogP contribution in [0.3, 0.4) is 0 Å². The lowest BCUT2D eigenvalue weighted by Gasteiger charge is -2.32. The maximum atomic E-state index is 9.72. The van der Waals surface area contributed by atoms with Crippen molar-refractivity contribution in [2.75, 3.05) is 39.3 Å². The summed E-state index contributed by atoms with van der Waals surface area (Å²) < 4.78 is 0. The van der Waals surface area contributed by atoms with Crippen LogP contribution in [0.15, 0.2) is 0 Å². The largest absolute Gasteiger partial charge is 0.396 e. The molecule has 18 heavy (non-hydrogen) atoms. The fraction of sp³-hybridized carbons (Fsp3) is 1.00. The molecule has 0 radical (unpaired) electrons. The van der Waals surface area contributed by atoms with Crippen LogP contribution in [0.1, 0.15) is 44.9 Å². The summed E-state index contributed by atoms with van der Waals surface area (Å²) in [7, 11) is 0. The monoisotopic (exact) mass is 252 g/mol. The fourth-order valence-corrected chi connectivity index (χ4v) is 4.33. The summed E-state index contributed by atoms with van der Waals surface area (Å²) in [6.07, 6.45) is 9.28. The van der Waals surface area contributed by atoms with Crippen molar-refractivity contribution < 1.29 is 5.11 Å². The van der Waals surface area contributed by atoms with Gasteiger partial charge in [-0.15, -0.1) is 0 Å². The number of likely N-dealkylation sites (tertiary alicyclic amines) is 2. The molecule has 1 N–H and O–H groups in total. The van der Waals surface area contributed by atoms with E-state index in [0.29, 0.717) is 6.61 Å². The van der Waals surface area contributed by atoms with Gasteiger partial charge in [0, 0.05) is 31.2 Å². The van der Waals surface area contributed by atoms with Gasteiger partial charge in [0.25, 0.3) is 0 Å². The quantitative estimate of drug-likeness (QED) is 0.825. The van der Waals surface area contributed by atoms with E-state index in [0.717, 1.165) is 12.6 Å². The van der Waals surface area contributed by atoms with Gasteiger partial charge in [0.05, 0.1) is 0 Å². The lowest BCUT2D eigenvalue weighted by molar-refractivity contribution is 0.0848. The van der Waals surface area contributed by atoms with Crippen LogP contribution in [0.2, 0.25) is 0 Å². The van der Waals surface area contributed by atoms with Crippen LogP contribution < -0.4 is 0 Å². The van der Waals surface area contributed by atoms with Crippen LogP contribution in [0.4, 0.5) is 0 Å². The molecule has 0 aromatic heterocycles. The predicted molar refractivity (Wildman–Crippen MR) is 73.6 cm³/mol. The normalized spacial score (nSPS) is 33.5. The summed E-state index contributed by atoms with van der Waals surface area (Å²) in [5.41, 5.74) is 0.250. The highest BCUT2D eigenvalue weighted by Gasteiger charge is 2.38. The van der Waals surface area contributed by atoms with E-state index in [1.807, 2.05) is 0 Å². The maximum absolute atomic E-state index is 9.72. The van der Waals surface area contributed by atoms with E-state index in [2.05, 4.69) is 9.80 Å². The van der Waals surface area contributed by atoms with Crippen LogP contribution in [0, 0.1) is 5.41 Å². The van der Waals surface area contributed by atoms with Gasteiger partial charge in [-0.1, -0.05) is 12.8 Å². The first-order valence-electron chi connectivity index (χ1n) is 7.89. The third-order valence-corrected chi connectivity index (χ3v) is 5.46. The molecule has 1 atom stereocenters. The van der Waals surface area contributed by atoms with Crippen LogP contribution in [0.5, 0.6) is 0 Å². The Morgan fingerprint density at radius 1 is 1.00 bits per heavy atom. The molecule has 3 rings (SSSR count). The molecule has 0 aromatic rings. The third kappa shape index (κ3) is 2.59. The molecule has 2 saturated heterocycles. The Kier molecular flexibility index (Phi) is 3.92. The number of nitrogens with zero attached hydrogens (tertiary/aromatic N) is 2. The summed E-state index contributed by atoms with van der Waals surface area (Å²) in [4.78, 5) is 5.32. The minimum Gasteiger partial charge on any atom is -0.396 e. The highest BCUT2D eigenvalue weighted by atomic mass is 16.3. The van der Waals surface area contributed by atoms with E-state index in [1.54, 1.807) is 0 Å². The zero-order valence-corrected chi connectivity index (χ0v) is 11.6. The molecular formula is C15H28N2O. The molecule has 1 unspecified atom stereocenters. The first-order chi connectivity index (χ1) is 8.81. The molecule has 2 aliphatic heterocycles. The lowest BCUT2D eigenvalue weighted by Crippen LogP contribution is -2.40. The number of hydrogen-bond donors (Lipinski definition) is 1. The van der Waals surface area contributed by atoms with Crippen LogP contribution in [-0.2, 0) is 0 Å². The van der Waals surface area contributed by atoms with Crippen molar-refractivity contribution in [1.29, 1.82) is 0 Å². The Hall–Kier alpha value is -0.120. The number of aliphatic hydroxyl groups is 1. The molecule has 3 fully saturated rings. The van der Waals surface area contributed by atoms with E-state index in [4.69, 9.17) is 0 Å². The minimum atomic E-state index is 0.250. The van der Waals surface area contributed by atoms with Crippen molar-refractivity contribution >= 4 is 0 Å². The zero-order chi connectivity index (χ0) is 12.4. The molecule has 3 nitrogen and oxygen atoms in total. The molecule has 3 heteroatoms. The lowest BCUT2D eigenvalue weighted by atomic mass is 9.87. The summed E-state index contributed by atoms with van der Waals surface area (Å²) >= 11 is 0. The topological polar surface area (TPSA) is 26.7 Å². The number of aliphatic hydroxyl groups excluding tert-OH is 1. The second kappa shape index (κ2) is 5.48. The van der Waals surface area contributed by atoms with Gasteiger partial charge in [-0.2, -0.15) is 0 Å². The first kappa shape index (κ1) is 12.9. The van der Waals surface area contributed by atoms with Crippen LogP contribution >= 0.6 is 0 Å². The average Bonchev–Trinajstić information content (AvgIpc) is 3.10. The van der Waals surface area contributed by atoms with E-state index in [1.165, 1.54) is 71.1 Å². The van der Waals surface area contributed by atoms with Crippen molar-refractivity contribution in [3.05, 3.63) is 0 Å². The average molecular weight is 252 g/mol. The van der Waals surface area contributed by atoms with Gasteiger partial charge in [0.2, 0.25) is 0 Å². The van der Waals surface area contributed by atoms with E-state index < -0.39 is 0 Å². The molecule has 2 heterocycles. The van der Waals surface area contributed by atoms with E-state index >= 15 is 0 Å². The molecular weight excluding hydrogens is 224 g/mol.